The number of carbonyl (C=O) groups is 1. The number of rotatable bonds is 5. The van der Waals surface area contributed by atoms with Gasteiger partial charge in [-0.1, -0.05) is 19.1 Å². The average molecular weight is 381 g/mol. The molecule has 0 aliphatic carbocycles. The SMILES string of the molecule is CCC=C1NN(c2ccc(F)cc2)C(=O)C1C=NCc1ccc2c(c1)OCO2. The number of nitrogens with one attached hydrogen (secondary N) is 1. The van der Waals surface area contributed by atoms with Gasteiger partial charge in [0, 0.05) is 11.9 Å². The topological polar surface area (TPSA) is 63.2 Å². The molecule has 0 saturated carbocycles. The summed E-state index contributed by atoms with van der Waals surface area (Å²) in [6.07, 6.45) is 4.39. The molecule has 1 saturated heterocycles. The molecule has 144 valence electrons. The number of nitrogens with zero attached hydrogens (tertiary/aromatic N) is 2. The van der Waals surface area contributed by atoms with Crippen LogP contribution in [0.1, 0.15) is 18.9 Å². The zero-order valence-electron chi connectivity index (χ0n) is 15.4. The third kappa shape index (κ3) is 3.55. The highest BCUT2D eigenvalue weighted by atomic mass is 19.1. The Morgan fingerprint density at radius 2 is 2.00 bits per heavy atom. The molecule has 28 heavy (non-hydrogen) atoms. The minimum absolute atomic E-state index is 0.152. The first-order valence-electron chi connectivity index (χ1n) is 9.10. The molecular weight excluding hydrogens is 361 g/mol. The zero-order chi connectivity index (χ0) is 19.5. The molecule has 1 amide bonds. The van der Waals surface area contributed by atoms with Crippen LogP contribution >= 0.6 is 0 Å². The molecule has 2 heterocycles. The van der Waals surface area contributed by atoms with Gasteiger partial charge in [0.05, 0.1) is 12.2 Å². The maximum Gasteiger partial charge on any atom is 0.260 e. The quantitative estimate of drug-likeness (QED) is 0.804. The van der Waals surface area contributed by atoms with Crippen LogP contribution in [0.3, 0.4) is 0 Å². The lowest BCUT2D eigenvalue weighted by Crippen LogP contribution is -2.34. The highest BCUT2D eigenvalue weighted by molar-refractivity contribution is 6.08. The van der Waals surface area contributed by atoms with Gasteiger partial charge < -0.3 is 9.47 Å². The summed E-state index contributed by atoms with van der Waals surface area (Å²) < 4.78 is 23.9. The normalized spacial score (nSPS) is 19.6. The minimum Gasteiger partial charge on any atom is -0.454 e. The molecule has 1 atom stereocenters. The second kappa shape index (κ2) is 7.72. The Balaban J connectivity index is 1.50. The van der Waals surface area contributed by atoms with Crippen LogP contribution < -0.4 is 19.9 Å². The highest BCUT2D eigenvalue weighted by Crippen LogP contribution is 2.32. The van der Waals surface area contributed by atoms with E-state index >= 15 is 0 Å². The summed E-state index contributed by atoms with van der Waals surface area (Å²) in [6.45, 7) is 2.66. The Labute approximate surface area is 162 Å². The second-order valence-corrected chi connectivity index (χ2v) is 6.48. The number of allylic oxidation sites excluding steroid dienone is 1. The van der Waals surface area contributed by atoms with Crippen molar-refractivity contribution >= 4 is 17.8 Å². The predicted molar refractivity (Wildman–Crippen MR) is 104 cm³/mol. The van der Waals surface area contributed by atoms with Crippen molar-refractivity contribution in [1.82, 2.24) is 5.43 Å². The van der Waals surface area contributed by atoms with Crippen molar-refractivity contribution in [3.63, 3.8) is 0 Å². The van der Waals surface area contributed by atoms with Crippen LogP contribution in [0, 0.1) is 11.7 Å². The molecular formula is C21H20FN3O3. The zero-order valence-corrected chi connectivity index (χ0v) is 15.4. The van der Waals surface area contributed by atoms with Crippen molar-refractivity contribution in [2.75, 3.05) is 11.8 Å². The molecule has 0 spiro atoms. The van der Waals surface area contributed by atoms with E-state index in [-0.39, 0.29) is 18.5 Å². The fourth-order valence-corrected chi connectivity index (χ4v) is 3.15. The van der Waals surface area contributed by atoms with Gasteiger partial charge >= 0.3 is 0 Å². The summed E-state index contributed by atoms with van der Waals surface area (Å²) in [7, 11) is 0. The number of ether oxygens (including phenoxy) is 2. The first-order chi connectivity index (χ1) is 13.7. The molecule has 2 aromatic carbocycles. The molecule has 0 radical (unpaired) electrons. The minimum atomic E-state index is -0.501. The molecule has 7 heteroatoms. The van der Waals surface area contributed by atoms with Crippen LogP contribution in [0.25, 0.3) is 0 Å². The van der Waals surface area contributed by atoms with E-state index in [4.69, 9.17) is 9.47 Å². The third-order valence-corrected chi connectivity index (χ3v) is 4.54. The number of aliphatic imine (C=N–C) groups is 1. The summed E-state index contributed by atoms with van der Waals surface area (Å²) in [4.78, 5) is 17.3. The molecule has 1 N–H and O–H groups in total. The molecule has 1 fully saturated rings. The molecule has 6 nitrogen and oxygen atoms in total. The smallest absolute Gasteiger partial charge is 0.260 e. The van der Waals surface area contributed by atoms with E-state index in [1.54, 1.807) is 18.3 Å². The van der Waals surface area contributed by atoms with E-state index < -0.39 is 5.92 Å². The molecule has 1 unspecified atom stereocenters. The Hall–Kier alpha value is -3.35. The van der Waals surface area contributed by atoms with E-state index in [1.165, 1.54) is 17.1 Å². The van der Waals surface area contributed by atoms with Crippen LogP contribution in [0.2, 0.25) is 0 Å². The highest BCUT2D eigenvalue weighted by Gasteiger charge is 2.35. The lowest BCUT2D eigenvalue weighted by Gasteiger charge is -2.16. The van der Waals surface area contributed by atoms with Crippen LogP contribution in [-0.4, -0.2) is 18.9 Å². The maximum absolute atomic E-state index is 13.2. The van der Waals surface area contributed by atoms with Gasteiger partial charge in [-0.25, -0.2) is 9.40 Å². The van der Waals surface area contributed by atoms with Gasteiger partial charge in [-0.15, -0.1) is 0 Å². The Bertz CT molecular complexity index is 940. The summed E-state index contributed by atoms with van der Waals surface area (Å²) in [5, 5.41) is 1.43. The number of hydrogen-bond donors (Lipinski definition) is 1. The van der Waals surface area contributed by atoms with Crippen LogP contribution in [0.15, 0.2) is 59.2 Å². The summed E-state index contributed by atoms with van der Waals surface area (Å²) in [6, 6.07) is 11.5. The van der Waals surface area contributed by atoms with Crippen molar-refractivity contribution < 1.29 is 18.7 Å². The summed E-state index contributed by atoms with van der Waals surface area (Å²) in [5.41, 5.74) is 5.43. The van der Waals surface area contributed by atoms with Crippen LogP contribution in [-0.2, 0) is 11.3 Å². The van der Waals surface area contributed by atoms with E-state index in [0.29, 0.717) is 18.0 Å². The van der Waals surface area contributed by atoms with Crippen LogP contribution in [0.5, 0.6) is 11.5 Å². The van der Waals surface area contributed by atoms with Gasteiger partial charge in [0.1, 0.15) is 11.7 Å². The molecule has 2 aliphatic rings. The first-order valence-corrected chi connectivity index (χ1v) is 9.10. The van der Waals surface area contributed by atoms with Gasteiger partial charge in [-0.05, 0) is 48.4 Å². The number of benzene rings is 2. The van der Waals surface area contributed by atoms with Crippen molar-refractivity contribution in [1.29, 1.82) is 0 Å². The lowest BCUT2D eigenvalue weighted by atomic mass is 10.1. The molecule has 0 aromatic heterocycles. The van der Waals surface area contributed by atoms with Crippen LogP contribution in [0.4, 0.5) is 10.1 Å². The Kier molecular flexibility index (Phi) is 4.97. The maximum atomic E-state index is 13.2. The van der Waals surface area contributed by atoms with Crippen molar-refractivity contribution in [2.45, 2.75) is 19.9 Å². The van der Waals surface area contributed by atoms with E-state index in [2.05, 4.69) is 10.4 Å². The number of anilines is 1. The largest absolute Gasteiger partial charge is 0.454 e. The lowest BCUT2D eigenvalue weighted by molar-refractivity contribution is -0.118. The number of amides is 1. The van der Waals surface area contributed by atoms with Gasteiger partial charge in [-0.2, -0.15) is 0 Å². The molecule has 2 aliphatic heterocycles. The van der Waals surface area contributed by atoms with Gasteiger partial charge in [0.2, 0.25) is 6.79 Å². The van der Waals surface area contributed by atoms with Gasteiger partial charge in [0.15, 0.2) is 11.5 Å². The number of carbonyl (C=O) groups excluding carboxylic acids is 1. The fraction of sp³-hybridized carbons (Fsp3) is 0.238. The number of fused-ring (bicyclic) bond motifs is 1. The van der Waals surface area contributed by atoms with Crippen molar-refractivity contribution in [3.05, 3.63) is 65.6 Å². The summed E-state index contributed by atoms with van der Waals surface area (Å²) >= 11 is 0. The number of hydrazine groups is 1. The average Bonchev–Trinajstić information content (AvgIpc) is 3.28. The fourth-order valence-electron chi connectivity index (χ4n) is 3.15. The standard InChI is InChI=1S/C21H20FN3O3/c1-2-3-18-17(21(26)25(24-18)16-7-5-15(22)6-8-16)12-23-11-14-4-9-19-20(10-14)28-13-27-19/h3-10,12,17,24H,2,11,13H2,1H3. The van der Waals surface area contributed by atoms with Crippen molar-refractivity contribution in [3.8, 4) is 11.5 Å². The molecule has 4 rings (SSSR count). The second-order valence-electron chi connectivity index (χ2n) is 6.48. The van der Waals surface area contributed by atoms with Crippen molar-refractivity contribution in [2.24, 2.45) is 10.9 Å². The van der Waals surface area contributed by atoms with Gasteiger partial charge in [0.25, 0.3) is 5.91 Å². The third-order valence-electron chi connectivity index (χ3n) is 4.54. The van der Waals surface area contributed by atoms with E-state index in [0.717, 1.165) is 23.4 Å². The van der Waals surface area contributed by atoms with E-state index in [9.17, 15) is 9.18 Å². The molecule has 2 aromatic rings. The predicted octanol–water partition coefficient (Wildman–Crippen LogP) is 3.59. The number of halogens is 1. The Morgan fingerprint density at radius 1 is 1.21 bits per heavy atom. The molecule has 0 bridgehead atoms. The Morgan fingerprint density at radius 3 is 2.79 bits per heavy atom. The van der Waals surface area contributed by atoms with Gasteiger partial charge in [-0.3, -0.25) is 15.2 Å². The first kappa shape index (κ1) is 18.0. The van der Waals surface area contributed by atoms with E-state index in [1.807, 2.05) is 31.2 Å². The summed E-state index contributed by atoms with van der Waals surface area (Å²) in [5.74, 6) is 0.438. The number of hydrogen-bond acceptors (Lipinski definition) is 5. The monoisotopic (exact) mass is 381 g/mol.